The van der Waals surface area contributed by atoms with E-state index in [0.717, 1.165) is 50.3 Å². The van der Waals surface area contributed by atoms with Crippen LogP contribution >= 0.6 is 11.6 Å². The number of carboxylic acids is 1. The Balaban J connectivity index is 1.58. The number of hydrogen-bond acceptors (Lipinski definition) is 4. The minimum absolute atomic E-state index is 0.0917. The van der Waals surface area contributed by atoms with E-state index in [1.165, 1.54) is 19.1 Å². The maximum Gasteiger partial charge on any atom is 0.310 e. The lowest BCUT2D eigenvalue weighted by Crippen LogP contribution is -2.54. The van der Waals surface area contributed by atoms with Crippen LogP contribution in [0.25, 0.3) is 0 Å². The quantitative estimate of drug-likeness (QED) is 0.236. The molecule has 3 aromatic carbocycles. The molecule has 0 aromatic heterocycles. The smallest absolute Gasteiger partial charge is 0.310 e. The van der Waals surface area contributed by atoms with Gasteiger partial charge in [-0.05, 0) is 61.1 Å². The molecule has 4 N–H and O–H groups in total. The number of fused-ring (bicyclic) bond motifs is 1. The average Bonchev–Trinajstić information content (AvgIpc) is 3.29. The van der Waals surface area contributed by atoms with Crippen LogP contribution in [-0.4, -0.2) is 17.0 Å². The van der Waals surface area contributed by atoms with Crippen molar-refractivity contribution >= 4 is 40.5 Å². The first kappa shape index (κ1) is 27.8. The summed E-state index contributed by atoms with van der Waals surface area (Å²) in [5, 5.41) is 19.0. The number of carboxylic acid groups (broad SMARTS) is 1. The second-order valence-corrected chi connectivity index (χ2v) is 11.0. The van der Waals surface area contributed by atoms with E-state index in [9.17, 15) is 23.5 Å². The van der Waals surface area contributed by atoms with Crippen LogP contribution in [0.2, 0.25) is 5.02 Å². The number of benzene rings is 3. The van der Waals surface area contributed by atoms with Gasteiger partial charge in [-0.1, -0.05) is 49.1 Å². The van der Waals surface area contributed by atoms with Gasteiger partial charge in [-0.3, -0.25) is 9.59 Å². The Labute approximate surface area is 234 Å². The van der Waals surface area contributed by atoms with E-state index in [4.69, 9.17) is 11.6 Å². The standard InChI is InChI=1S/C30H29ClF3N3O3/c1-16(29(39)40)18-7-12-24(23(34)13-18)35-28(38)27(17-5-3-2-4-6-17)30(19-8-10-20(31)11-9-19)36-25-14-21(32)22(33)15-26(25)37-30/h7-17,27,36-37H,2-6H2,1H3,(H,35,38)(H,39,40). The van der Waals surface area contributed by atoms with Crippen LogP contribution in [0.15, 0.2) is 54.6 Å². The minimum atomic E-state index is -1.33. The number of carbonyl (C=O) groups is 2. The molecule has 6 nitrogen and oxygen atoms in total. The lowest BCUT2D eigenvalue weighted by atomic mass is 9.71. The van der Waals surface area contributed by atoms with E-state index in [0.29, 0.717) is 22.0 Å². The van der Waals surface area contributed by atoms with Gasteiger partial charge in [0.25, 0.3) is 0 Å². The lowest BCUT2D eigenvalue weighted by Gasteiger charge is -2.43. The van der Waals surface area contributed by atoms with Gasteiger partial charge in [0, 0.05) is 17.2 Å². The van der Waals surface area contributed by atoms with Gasteiger partial charge in [0.05, 0.1) is 28.9 Å². The minimum Gasteiger partial charge on any atom is -0.481 e. The lowest BCUT2D eigenvalue weighted by molar-refractivity contribution is -0.138. The molecule has 5 rings (SSSR count). The van der Waals surface area contributed by atoms with Crippen LogP contribution in [0.1, 0.15) is 56.1 Å². The largest absolute Gasteiger partial charge is 0.481 e. The number of hydrogen-bond donors (Lipinski definition) is 4. The van der Waals surface area contributed by atoms with E-state index >= 15 is 4.39 Å². The summed E-state index contributed by atoms with van der Waals surface area (Å²) in [7, 11) is 0. The van der Waals surface area contributed by atoms with Crippen molar-refractivity contribution in [3.05, 3.63) is 88.2 Å². The summed E-state index contributed by atoms with van der Waals surface area (Å²) in [6.45, 7) is 1.45. The van der Waals surface area contributed by atoms with Crippen molar-refractivity contribution in [2.45, 2.75) is 50.6 Å². The van der Waals surface area contributed by atoms with Crippen molar-refractivity contribution in [1.82, 2.24) is 0 Å². The van der Waals surface area contributed by atoms with E-state index < -0.39 is 46.8 Å². The monoisotopic (exact) mass is 571 g/mol. The zero-order valence-corrected chi connectivity index (χ0v) is 22.5. The number of carbonyl (C=O) groups excluding carboxylic acids is 1. The highest BCUT2D eigenvalue weighted by Gasteiger charge is 2.52. The summed E-state index contributed by atoms with van der Waals surface area (Å²) in [6, 6.07) is 12.8. The number of amides is 1. The van der Waals surface area contributed by atoms with Gasteiger partial charge < -0.3 is 21.1 Å². The molecule has 2 atom stereocenters. The Bertz CT molecular complexity index is 1410. The molecule has 2 unspecified atom stereocenters. The molecule has 1 saturated carbocycles. The van der Waals surface area contributed by atoms with Crippen LogP contribution in [0, 0.1) is 29.3 Å². The van der Waals surface area contributed by atoms with Gasteiger partial charge in [0.1, 0.15) is 11.5 Å². The van der Waals surface area contributed by atoms with Crippen molar-refractivity contribution in [3.8, 4) is 0 Å². The van der Waals surface area contributed by atoms with Gasteiger partial charge in [-0.15, -0.1) is 0 Å². The van der Waals surface area contributed by atoms with Crippen molar-refractivity contribution in [2.24, 2.45) is 11.8 Å². The Hall–Kier alpha value is -3.72. The first-order valence-electron chi connectivity index (χ1n) is 13.2. The third kappa shape index (κ3) is 5.22. The van der Waals surface area contributed by atoms with Crippen LogP contribution in [0.5, 0.6) is 0 Å². The maximum atomic E-state index is 15.1. The third-order valence-corrected chi connectivity index (χ3v) is 8.27. The highest BCUT2D eigenvalue weighted by molar-refractivity contribution is 6.30. The molecule has 40 heavy (non-hydrogen) atoms. The Morgan fingerprint density at radius 2 is 1.52 bits per heavy atom. The van der Waals surface area contributed by atoms with Crippen molar-refractivity contribution in [1.29, 1.82) is 0 Å². The van der Waals surface area contributed by atoms with E-state index in [1.54, 1.807) is 24.3 Å². The molecule has 0 radical (unpaired) electrons. The SMILES string of the molecule is CC(C(=O)O)c1ccc(NC(=O)C(C2CCCCC2)C2(c3ccc(Cl)cc3)Nc3cc(F)c(F)cc3N2)c(F)c1. The highest BCUT2D eigenvalue weighted by atomic mass is 35.5. The topological polar surface area (TPSA) is 90.5 Å². The van der Waals surface area contributed by atoms with Crippen LogP contribution in [0.3, 0.4) is 0 Å². The van der Waals surface area contributed by atoms with Gasteiger partial charge in [-0.25, -0.2) is 13.2 Å². The molecule has 1 fully saturated rings. The van der Waals surface area contributed by atoms with E-state index in [-0.39, 0.29) is 17.2 Å². The molecule has 210 valence electrons. The van der Waals surface area contributed by atoms with Crippen molar-refractivity contribution in [2.75, 3.05) is 16.0 Å². The Morgan fingerprint density at radius 1 is 0.925 bits per heavy atom. The van der Waals surface area contributed by atoms with Crippen molar-refractivity contribution in [3.63, 3.8) is 0 Å². The van der Waals surface area contributed by atoms with E-state index in [2.05, 4.69) is 16.0 Å². The summed E-state index contributed by atoms with van der Waals surface area (Å²) in [6.07, 6.45) is 4.28. The molecule has 1 heterocycles. The maximum absolute atomic E-state index is 15.1. The Kier molecular flexibility index (Phi) is 7.68. The number of halogens is 4. The summed E-state index contributed by atoms with van der Waals surface area (Å²) in [5.74, 6) is -6.33. The molecule has 0 saturated heterocycles. The zero-order chi connectivity index (χ0) is 28.6. The highest BCUT2D eigenvalue weighted by Crippen LogP contribution is 2.49. The molecule has 1 aliphatic carbocycles. The number of anilines is 3. The number of nitrogens with one attached hydrogen (secondary N) is 3. The van der Waals surface area contributed by atoms with Gasteiger partial charge in [0.15, 0.2) is 11.6 Å². The molecule has 0 bridgehead atoms. The molecule has 1 aliphatic heterocycles. The van der Waals surface area contributed by atoms with Crippen LogP contribution in [-0.2, 0) is 15.3 Å². The Morgan fingerprint density at radius 3 is 2.08 bits per heavy atom. The van der Waals surface area contributed by atoms with Gasteiger partial charge in [0.2, 0.25) is 5.91 Å². The fourth-order valence-corrected chi connectivity index (χ4v) is 6.01. The summed E-state index contributed by atoms with van der Waals surface area (Å²) < 4.78 is 43.6. The first-order valence-corrected chi connectivity index (χ1v) is 13.6. The fraction of sp³-hybridized carbons (Fsp3) is 0.333. The molecular weight excluding hydrogens is 543 g/mol. The summed E-state index contributed by atoms with van der Waals surface area (Å²) in [4.78, 5) is 25.5. The second-order valence-electron chi connectivity index (χ2n) is 10.5. The molecule has 1 amide bonds. The fourth-order valence-electron chi connectivity index (χ4n) is 5.89. The number of rotatable bonds is 7. The van der Waals surface area contributed by atoms with Crippen LogP contribution in [0.4, 0.5) is 30.2 Å². The van der Waals surface area contributed by atoms with Crippen LogP contribution < -0.4 is 16.0 Å². The molecule has 10 heteroatoms. The average molecular weight is 572 g/mol. The summed E-state index contributed by atoms with van der Waals surface area (Å²) in [5.41, 5.74) is 0.0501. The first-order chi connectivity index (χ1) is 19.1. The zero-order valence-electron chi connectivity index (χ0n) is 21.7. The number of aliphatic carboxylic acids is 1. The predicted molar refractivity (Wildman–Crippen MR) is 148 cm³/mol. The van der Waals surface area contributed by atoms with E-state index in [1.807, 2.05) is 0 Å². The van der Waals surface area contributed by atoms with Gasteiger partial charge >= 0.3 is 5.97 Å². The second kappa shape index (κ2) is 11.0. The molecule has 2 aliphatic rings. The molecular formula is C30H29ClF3N3O3. The molecule has 0 spiro atoms. The normalized spacial score (nSPS) is 17.7. The molecule has 3 aromatic rings. The summed E-state index contributed by atoms with van der Waals surface area (Å²) >= 11 is 6.17. The predicted octanol–water partition coefficient (Wildman–Crippen LogP) is 7.47. The van der Waals surface area contributed by atoms with Gasteiger partial charge in [-0.2, -0.15) is 0 Å². The third-order valence-electron chi connectivity index (χ3n) is 8.02. The van der Waals surface area contributed by atoms with Crippen molar-refractivity contribution < 1.29 is 27.9 Å².